The minimum Gasteiger partial charge on any atom is -0.350 e. The average molecular weight is 409 g/mol. The Morgan fingerprint density at radius 3 is 2.43 bits per heavy atom. The molecule has 4 N–H and O–H groups in total. The summed E-state index contributed by atoms with van der Waals surface area (Å²) in [7, 11) is 1.81. The lowest BCUT2D eigenvalue weighted by atomic mass is 10.0. The van der Waals surface area contributed by atoms with Crippen LogP contribution in [0.2, 0.25) is 0 Å². The van der Waals surface area contributed by atoms with Crippen LogP contribution in [0.15, 0.2) is 54.6 Å². The summed E-state index contributed by atoms with van der Waals surface area (Å²) >= 11 is 0. The number of rotatable bonds is 9. The zero-order valence-electron chi connectivity index (χ0n) is 17.6. The summed E-state index contributed by atoms with van der Waals surface area (Å²) in [6.07, 6.45) is 3.09. The Kier molecular flexibility index (Phi) is 7.99. The normalized spacial score (nSPS) is 17.0. The standard InChI is InChI=1S/C24H32N4O2/c1-26-21(14-13-18-6-3-2-4-7-18)24(30)28-15-5-8-22(28)23(29)27-17-20-11-9-19(16-25)10-12-20/h2-4,6-7,9-12,21-22,26H,5,8,13-17,25H2,1H3,(H,27,29)/t21-,22+/m1/s1. The smallest absolute Gasteiger partial charge is 0.243 e. The van der Waals surface area contributed by atoms with Crippen LogP contribution in [0.1, 0.15) is 36.0 Å². The van der Waals surface area contributed by atoms with E-state index in [4.69, 9.17) is 5.73 Å². The van der Waals surface area contributed by atoms with Gasteiger partial charge in [0.05, 0.1) is 6.04 Å². The molecule has 6 heteroatoms. The Hall–Kier alpha value is -2.70. The number of hydrogen-bond acceptors (Lipinski definition) is 4. The third kappa shape index (κ3) is 5.68. The van der Waals surface area contributed by atoms with Gasteiger partial charge in [0.2, 0.25) is 11.8 Å². The summed E-state index contributed by atoms with van der Waals surface area (Å²) in [5.74, 6) is -0.0694. The lowest BCUT2D eigenvalue weighted by Gasteiger charge is -2.28. The molecule has 2 atom stereocenters. The van der Waals surface area contributed by atoms with Crippen molar-refractivity contribution in [1.82, 2.24) is 15.5 Å². The monoisotopic (exact) mass is 408 g/mol. The molecule has 0 radical (unpaired) electrons. The molecule has 0 unspecified atom stereocenters. The van der Waals surface area contributed by atoms with Crippen molar-refractivity contribution in [1.29, 1.82) is 0 Å². The first-order valence-electron chi connectivity index (χ1n) is 10.7. The van der Waals surface area contributed by atoms with Gasteiger partial charge < -0.3 is 21.3 Å². The molecule has 2 amide bonds. The van der Waals surface area contributed by atoms with E-state index in [0.717, 1.165) is 24.0 Å². The van der Waals surface area contributed by atoms with Gasteiger partial charge in [-0.1, -0.05) is 54.6 Å². The van der Waals surface area contributed by atoms with Crippen LogP contribution < -0.4 is 16.4 Å². The molecule has 1 fully saturated rings. The van der Waals surface area contributed by atoms with Crippen LogP contribution in [0.25, 0.3) is 0 Å². The van der Waals surface area contributed by atoms with E-state index < -0.39 is 6.04 Å². The van der Waals surface area contributed by atoms with Crippen molar-refractivity contribution < 1.29 is 9.59 Å². The van der Waals surface area contributed by atoms with E-state index in [1.807, 2.05) is 49.5 Å². The molecule has 0 bridgehead atoms. The van der Waals surface area contributed by atoms with Crippen LogP contribution in [-0.4, -0.2) is 42.4 Å². The Morgan fingerprint density at radius 1 is 1.07 bits per heavy atom. The van der Waals surface area contributed by atoms with E-state index in [1.54, 1.807) is 4.90 Å². The second-order valence-corrected chi connectivity index (χ2v) is 7.79. The summed E-state index contributed by atoms with van der Waals surface area (Å²) in [6.45, 7) is 1.58. The maximum atomic E-state index is 13.1. The second-order valence-electron chi connectivity index (χ2n) is 7.79. The number of nitrogens with zero attached hydrogens (tertiary/aromatic N) is 1. The fourth-order valence-electron chi connectivity index (χ4n) is 3.95. The highest BCUT2D eigenvalue weighted by Crippen LogP contribution is 2.20. The topological polar surface area (TPSA) is 87.5 Å². The van der Waals surface area contributed by atoms with Crippen LogP contribution in [0.5, 0.6) is 0 Å². The number of nitrogens with one attached hydrogen (secondary N) is 2. The number of hydrogen-bond donors (Lipinski definition) is 3. The molecule has 0 aliphatic carbocycles. The van der Waals surface area contributed by atoms with Gasteiger partial charge in [-0.25, -0.2) is 0 Å². The fourth-order valence-corrected chi connectivity index (χ4v) is 3.95. The molecular weight excluding hydrogens is 376 g/mol. The molecule has 1 heterocycles. The number of aryl methyl sites for hydroxylation is 1. The third-order valence-electron chi connectivity index (χ3n) is 5.78. The van der Waals surface area contributed by atoms with Crippen LogP contribution >= 0.6 is 0 Å². The highest BCUT2D eigenvalue weighted by molar-refractivity contribution is 5.90. The van der Waals surface area contributed by atoms with Gasteiger partial charge in [0, 0.05) is 19.6 Å². The Labute approximate surface area is 178 Å². The summed E-state index contributed by atoms with van der Waals surface area (Å²) in [6, 6.07) is 17.4. The first kappa shape index (κ1) is 22.0. The number of benzene rings is 2. The van der Waals surface area contributed by atoms with E-state index in [2.05, 4.69) is 22.8 Å². The van der Waals surface area contributed by atoms with Crippen molar-refractivity contribution in [2.75, 3.05) is 13.6 Å². The van der Waals surface area contributed by atoms with Crippen molar-refractivity contribution in [3.63, 3.8) is 0 Å². The number of likely N-dealkylation sites (tertiary alicyclic amines) is 1. The zero-order valence-corrected chi connectivity index (χ0v) is 17.6. The van der Waals surface area contributed by atoms with Gasteiger partial charge in [-0.05, 0) is 49.4 Å². The Bertz CT molecular complexity index is 823. The van der Waals surface area contributed by atoms with E-state index in [9.17, 15) is 9.59 Å². The molecule has 1 saturated heterocycles. The van der Waals surface area contributed by atoms with Crippen LogP contribution in [0.4, 0.5) is 0 Å². The van der Waals surface area contributed by atoms with E-state index in [1.165, 1.54) is 5.56 Å². The molecule has 6 nitrogen and oxygen atoms in total. The van der Waals surface area contributed by atoms with E-state index in [-0.39, 0.29) is 17.9 Å². The maximum Gasteiger partial charge on any atom is 0.243 e. The minimum atomic E-state index is -0.395. The summed E-state index contributed by atoms with van der Waals surface area (Å²) in [4.78, 5) is 27.7. The molecule has 1 aliphatic heterocycles. The largest absolute Gasteiger partial charge is 0.350 e. The van der Waals surface area contributed by atoms with Crippen molar-refractivity contribution in [3.05, 3.63) is 71.3 Å². The lowest BCUT2D eigenvalue weighted by Crippen LogP contribution is -2.51. The third-order valence-corrected chi connectivity index (χ3v) is 5.78. The quantitative estimate of drug-likeness (QED) is 0.592. The van der Waals surface area contributed by atoms with Gasteiger partial charge >= 0.3 is 0 Å². The number of nitrogens with two attached hydrogens (primary N) is 1. The molecular formula is C24H32N4O2. The number of likely N-dealkylation sites (N-methyl/N-ethyl adjacent to an activating group) is 1. The van der Waals surface area contributed by atoms with Crippen LogP contribution in [0, 0.1) is 0 Å². The van der Waals surface area contributed by atoms with Crippen molar-refractivity contribution in [3.8, 4) is 0 Å². The molecule has 2 aromatic rings. The van der Waals surface area contributed by atoms with Crippen LogP contribution in [-0.2, 0) is 29.1 Å². The molecule has 160 valence electrons. The predicted molar refractivity (Wildman–Crippen MR) is 119 cm³/mol. The zero-order chi connectivity index (χ0) is 21.3. The summed E-state index contributed by atoms with van der Waals surface area (Å²) in [5, 5.41) is 6.14. The molecule has 0 saturated carbocycles. The van der Waals surface area contributed by atoms with Gasteiger partial charge in [0.1, 0.15) is 6.04 Å². The fraction of sp³-hybridized carbons (Fsp3) is 0.417. The summed E-state index contributed by atoms with van der Waals surface area (Å²) < 4.78 is 0. The van der Waals surface area contributed by atoms with Gasteiger partial charge in [-0.3, -0.25) is 9.59 Å². The van der Waals surface area contributed by atoms with Crippen molar-refractivity contribution in [2.24, 2.45) is 5.73 Å². The van der Waals surface area contributed by atoms with Crippen molar-refractivity contribution in [2.45, 2.75) is 50.9 Å². The molecule has 0 aromatic heterocycles. The number of amides is 2. The number of carbonyl (C=O) groups excluding carboxylic acids is 2. The van der Waals surface area contributed by atoms with Gasteiger partial charge in [-0.15, -0.1) is 0 Å². The highest BCUT2D eigenvalue weighted by Gasteiger charge is 2.36. The second kappa shape index (κ2) is 10.9. The van der Waals surface area contributed by atoms with Crippen LogP contribution in [0.3, 0.4) is 0 Å². The van der Waals surface area contributed by atoms with Gasteiger partial charge in [-0.2, -0.15) is 0 Å². The first-order chi connectivity index (χ1) is 14.6. The predicted octanol–water partition coefficient (Wildman–Crippen LogP) is 1.97. The Balaban J connectivity index is 1.55. The lowest BCUT2D eigenvalue weighted by molar-refractivity contribution is -0.140. The first-order valence-corrected chi connectivity index (χ1v) is 10.7. The number of carbonyl (C=O) groups is 2. The molecule has 1 aliphatic rings. The van der Waals surface area contributed by atoms with Gasteiger partial charge in [0.25, 0.3) is 0 Å². The van der Waals surface area contributed by atoms with Gasteiger partial charge in [0.15, 0.2) is 0 Å². The molecule has 3 rings (SSSR count). The molecule has 2 aromatic carbocycles. The van der Waals surface area contributed by atoms with E-state index >= 15 is 0 Å². The highest BCUT2D eigenvalue weighted by atomic mass is 16.2. The minimum absolute atomic E-state index is 0.0124. The molecule has 30 heavy (non-hydrogen) atoms. The van der Waals surface area contributed by atoms with E-state index in [0.29, 0.717) is 32.5 Å². The van der Waals surface area contributed by atoms with Crippen molar-refractivity contribution >= 4 is 11.8 Å². The summed E-state index contributed by atoms with van der Waals surface area (Å²) in [5.41, 5.74) is 8.92. The SMILES string of the molecule is CN[C@H](CCc1ccccc1)C(=O)N1CCC[C@H]1C(=O)NCc1ccc(CN)cc1. The molecule has 0 spiro atoms. The average Bonchev–Trinajstić information content (AvgIpc) is 3.29. The Morgan fingerprint density at radius 2 is 1.77 bits per heavy atom. The maximum absolute atomic E-state index is 13.1.